The van der Waals surface area contributed by atoms with Gasteiger partial charge in [-0.25, -0.2) is 17.9 Å². The largest absolute Gasteiger partial charge is 0.478 e. The number of hydrogen-bond donors (Lipinski definition) is 3. The van der Waals surface area contributed by atoms with Crippen molar-refractivity contribution in [3.8, 4) is 0 Å². The Labute approximate surface area is 146 Å². The van der Waals surface area contributed by atoms with E-state index in [1.807, 2.05) is 18.2 Å². The van der Waals surface area contributed by atoms with Crippen molar-refractivity contribution in [2.24, 2.45) is 0 Å². The average Bonchev–Trinajstić information content (AvgIpc) is 2.61. The topological polar surface area (TPSA) is 105 Å². The number of sulfonamides is 1. The van der Waals surface area contributed by atoms with Crippen LogP contribution in [-0.4, -0.2) is 39.8 Å². The Morgan fingerprint density at radius 2 is 1.88 bits per heavy atom. The molecule has 0 aromatic heterocycles. The number of carboxylic acids is 1. The summed E-state index contributed by atoms with van der Waals surface area (Å²) in [5.41, 5.74) is 1.02. The Hall–Kier alpha value is -2.42. The van der Waals surface area contributed by atoms with E-state index in [0.717, 1.165) is 11.6 Å². The van der Waals surface area contributed by atoms with E-state index in [4.69, 9.17) is 9.84 Å². The number of nitrogens with one attached hydrogen (secondary N) is 2. The number of rotatable bonds is 9. The molecular weight excluding hydrogens is 344 g/mol. The molecule has 134 valence electrons. The van der Waals surface area contributed by atoms with Gasteiger partial charge in [0.2, 0.25) is 10.0 Å². The lowest BCUT2D eigenvalue weighted by Crippen LogP contribution is -2.25. The highest BCUT2D eigenvalue weighted by Gasteiger charge is 2.20. The van der Waals surface area contributed by atoms with E-state index >= 15 is 0 Å². The summed E-state index contributed by atoms with van der Waals surface area (Å²) in [6, 6.07) is 13.0. The van der Waals surface area contributed by atoms with Crippen molar-refractivity contribution in [3.63, 3.8) is 0 Å². The summed E-state index contributed by atoms with van der Waals surface area (Å²) >= 11 is 0. The van der Waals surface area contributed by atoms with Gasteiger partial charge in [0.15, 0.2) is 0 Å². The lowest BCUT2D eigenvalue weighted by Gasteiger charge is -2.14. The predicted molar refractivity (Wildman–Crippen MR) is 94.2 cm³/mol. The number of carboxylic acid groups (broad SMARTS) is 1. The van der Waals surface area contributed by atoms with Gasteiger partial charge in [0.1, 0.15) is 4.90 Å². The Bertz CT molecular complexity index is 822. The van der Waals surface area contributed by atoms with Crippen molar-refractivity contribution in [1.82, 2.24) is 4.72 Å². The molecule has 0 saturated heterocycles. The second kappa shape index (κ2) is 8.61. The minimum absolute atomic E-state index is 0.0997. The van der Waals surface area contributed by atoms with Gasteiger partial charge < -0.3 is 15.2 Å². The fourth-order valence-corrected chi connectivity index (χ4v) is 3.39. The fraction of sp³-hybridized carbons (Fsp3) is 0.235. The molecule has 0 heterocycles. The third kappa shape index (κ3) is 5.28. The zero-order valence-corrected chi connectivity index (χ0v) is 14.5. The van der Waals surface area contributed by atoms with Gasteiger partial charge in [-0.1, -0.05) is 30.3 Å². The standard InChI is InChI=1S/C17H20N2O5S/c1-24-10-9-18-15-8-7-14(17(20)21)11-16(15)25(22,23)19-12-13-5-3-2-4-6-13/h2-8,11,18-19H,9-10,12H2,1H3,(H,20,21). The van der Waals surface area contributed by atoms with Crippen molar-refractivity contribution in [2.45, 2.75) is 11.4 Å². The monoisotopic (exact) mass is 364 g/mol. The van der Waals surface area contributed by atoms with Crippen LogP contribution in [0.4, 0.5) is 5.69 Å². The molecule has 0 atom stereocenters. The fourth-order valence-electron chi connectivity index (χ4n) is 2.16. The van der Waals surface area contributed by atoms with E-state index in [0.29, 0.717) is 18.8 Å². The summed E-state index contributed by atoms with van der Waals surface area (Å²) in [5, 5.41) is 12.1. The summed E-state index contributed by atoms with van der Waals surface area (Å²) in [7, 11) is -2.36. The van der Waals surface area contributed by atoms with Gasteiger partial charge in [-0.15, -0.1) is 0 Å². The molecule has 2 rings (SSSR count). The summed E-state index contributed by atoms with van der Waals surface area (Å²) in [6.45, 7) is 0.889. The molecular formula is C17H20N2O5S. The molecule has 7 nitrogen and oxygen atoms in total. The van der Waals surface area contributed by atoms with Crippen LogP contribution in [0, 0.1) is 0 Å². The zero-order valence-electron chi connectivity index (χ0n) is 13.7. The molecule has 2 aromatic rings. The maximum absolute atomic E-state index is 12.7. The van der Waals surface area contributed by atoms with Crippen LogP contribution in [0.15, 0.2) is 53.4 Å². The van der Waals surface area contributed by atoms with Gasteiger partial charge in [-0.2, -0.15) is 0 Å². The second-order valence-electron chi connectivity index (χ2n) is 5.25. The van der Waals surface area contributed by atoms with Crippen LogP contribution in [0.1, 0.15) is 15.9 Å². The summed E-state index contributed by atoms with van der Waals surface area (Å²) in [6.07, 6.45) is 0. The Morgan fingerprint density at radius 3 is 2.52 bits per heavy atom. The average molecular weight is 364 g/mol. The highest BCUT2D eigenvalue weighted by molar-refractivity contribution is 7.89. The molecule has 0 aliphatic rings. The normalized spacial score (nSPS) is 11.2. The third-order valence-electron chi connectivity index (χ3n) is 3.45. The number of aromatic carboxylic acids is 1. The van der Waals surface area contributed by atoms with Gasteiger partial charge in [0.25, 0.3) is 0 Å². The first-order valence-electron chi connectivity index (χ1n) is 7.58. The van der Waals surface area contributed by atoms with Crippen LogP contribution in [0.3, 0.4) is 0 Å². The summed E-state index contributed by atoms with van der Waals surface area (Å²) in [5.74, 6) is -1.19. The van der Waals surface area contributed by atoms with E-state index in [1.165, 1.54) is 19.2 Å². The summed E-state index contributed by atoms with van der Waals surface area (Å²) < 4.78 is 32.7. The molecule has 0 radical (unpaired) electrons. The quantitative estimate of drug-likeness (QED) is 0.587. The maximum Gasteiger partial charge on any atom is 0.335 e. The van der Waals surface area contributed by atoms with Crippen LogP contribution in [0.5, 0.6) is 0 Å². The van der Waals surface area contributed by atoms with Crippen LogP contribution in [0.25, 0.3) is 0 Å². The van der Waals surface area contributed by atoms with Gasteiger partial charge in [-0.05, 0) is 23.8 Å². The lowest BCUT2D eigenvalue weighted by atomic mass is 10.2. The van der Waals surface area contributed by atoms with Crippen LogP contribution >= 0.6 is 0 Å². The van der Waals surface area contributed by atoms with Crippen molar-refractivity contribution in [3.05, 3.63) is 59.7 Å². The maximum atomic E-state index is 12.7. The number of benzene rings is 2. The first kappa shape index (κ1) is 18.9. The number of methoxy groups -OCH3 is 1. The van der Waals surface area contributed by atoms with Crippen molar-refractivity contribution >= 4 is 21.7 Å². The lowest BCUT2D eigenvalue weighted by molar-refractivity contribution is 0.0696. The smallest absolute Gasteiger partial charge is 0.335 e. The minimum Gasteiger partial charge on any atom is -0.478 e. The molecule has 0 unspecified atom stereocenters. The second-order valence-corrected chi connectivity index (χ2v) is 6.98. The number of carbonyl (C=O) groups is 1. The van der Waals surface area contributed by atoms with Gasteiger partial charge in [0, 0.05) is 20.2 Å². The molecule has 0 bridgehead atoms. The molecule has 0 spiro atoms. The molecule has 0 saturated carbocycles. The van der Waals surface area contributed by atoms with Crippen molar-refractivity contribution < 1.29 is 23.1 Å². The molecule has 25 heavy (non-hydrogen) atoms. The SMILES string of the molecule is COCCNc1ccc(C(=O)O)cc1S(=O)(=O)NCc1ccccc1. The van der Waals surface area contributed by atoms with E-state index in [1.54, 1.807) is 12.1 Å². The number of ether oxygens (including phenoxy) is 1. The number of hydrogen-bond acceptors (Lipinski definition) is 5. The predicted octanol–water partition coefficient (Wildman–Crippen LogP) is 1.92. The van der Waals surface area contributed by atoms with Crippen molar-refractivity contribution in [2.75, 3.05) is 25.6 Å². The summed E-state index contributed by atoms with van der Waals surface area (Å²) in [4.78, 5) is 11.1. The molecule has 0 aliphatic carbocycles. The minimum atomic E-state index is -3.90. The zero-order chi connectivity index (χ0) is 18.3. The van der Waals surface area contributed by atoms with E-state index in [9.17, 15) is 13.2 Å². The van der Waals surface area contributed by atoms with Crippen LogP contribution in [-0.2, 0) is 21.3 Å². The van der Waals surface area contributed by atoms with Gasteiger partial charge in [-0.3, -0.25) is 0 Å². The molecule has 0 fully saturated rings. The molecule has 2 aromatic carbocycles. The number of anilines is 1. The molecule has 0 aliphatic heterocycles. The molecule has 0 amide bonds. The third-order valence-corrected chi connectivity index (χ3v) is 4.89. The first-order chi connectivity index (χ1) is 11.9. The Morgan fingerprint density at radius 1 is 1.16 bits per heavy atom. The van der Waals surface area contributed by atoms with E-state index in [2.05, 4.69) is 10.0 Å². The molecule has 8 heteroatoms. The van der Waals surface area contributed by atoms with Crippen molar-refractivity contribution in [1.29, 1.82) is 0 Å². The first-order valence-corrected chi connectivity index (χ1v) is 9.06. The molecule has 3 N–H and O–H groups in total. The highest BCUT2D eigenvalue weighted by Crippen LogP contribution is 2.23. The van der Waals surface area contributed by atoms with E-state index < -0.39 is 16.0 Å². The highest BCUT2D eigenvalue weighted by atomic mass is 32.2. The van der Waals surface area contributed by atoms with Crippen LogP contribution < -0.4 is 10.0 Å². The van der Waals surface area contributed by atoms with Gasteiger partial charge >= 0.3 is 5.97 Å². The van der Waals surface area contributed by atoms with E-state index in [-0.39, 0.29) is 17.0 Å². The Balaban J connectivity index is 2.28. The van der Waals surface area contributed by atoms with Gasteiger partial charge in [0.05, 0.1) is 17.9 Å². The van der Waals surface area contributed by atoms with Crippen LogP contribution in [0.2, 0.25) is 0 Å². The Kier molecular flexibility index (Phi) is 6.51.